The molecule has 0 unspecified atom stereocenters. The van der Waals surface area contributed by atoms with Crippen LogP contribution in [-0.2, 0) is 49.7 Å². The number of hydrogen-bond acceptors (Lipinski definition) is 16. The fraction of sp³-hybridized carbons (Fsp3) is 0.432. The number of nitrogen functional groups attached to an aromatic ring is 1. The second-order valence-electron chi connectivity index (χ2n) is 13.0. The third kappa shape index (κ3) is 17.0. The van der Waals surface area contributed by atoms with Gasteiger partial charge in [0, 0.05) is 18.2 Å². The highest BCUT2D eigenvalue weighted by molar-refractivity contribution is 8.09. The second-order valence-corrected chi connectivity index (χ2v) is 19.9. The number of nitrogens with zero attached hydrogens (tertiary/aromatic N) is 10. The molecule has 3 heterocycles. The van der Waals surface area contributed by atoms with Crippen molar-refractivity contribution in [1.29, 1.82) is 0 Å². The molecule has 24 nitrogen and oxygen atoms in total. The number of aromatic nitrogens is 6. The first-order valence-corrected chi connectivity index (χ1v) is 24.8. The van der Waals surface area contributed by atoms with Crippen LogP contribution in [0.15, 0.2) is 36.4 Å². The van der Waals surface area contributed by atoms with E-state index in [1.54, 1.807) is 0 Å². The van der Waals surface area contributed by atoms with E-state index >= 15 is 0 Å². The third-order valence-corrected chi connectivity index (χ3v) is 12.7. The van der Waals surface area contributed by atoms with Gasteiger partial charge < -0.3 is 5.73 Å². The highest BCUT2D eigenvalue weighted by atomic mass is 35.5. The number of benzene rings is 3. The second kappa shape index (κ2) is 27.9. The van der Waals surface area contributed by atoms with Gasteiger partial charge in [0.05, 0.1) is 64.8 Å². The zero-order chi connectivity index (χ0) is 52.1. The van der Waals surface area contributed by atoms with Crippen molar-refractivity contribution in [2.45, 2.75) is 89.9 Å². The van der Waals surface area contributed by atoms with Crippen LogP contribution in [0.2, 0.25) is 15.1 Å². The van der Waals surface area contributed by atoms with Crippen LogP contribution in [0.4, 0.5) is 60.9 Å². The maximum Gasteiger partial charge on any atom is 0.295 e. The summed E-state index contributed by atoms with van der Waals surface area (Å²) in [5.41, 5.74) is 3.10. The molecule has 0 saturated heterocycles. The van der Waals surface area contributed by atoms with E-state index in [1.807, 2.05) is 18.6 Å². The van der Waals surface area contributed by atoms with Crippen molar-refractivity contribution in [3.8, 4) is 0 Å². The Bertz CT molecular complexity index is 3230. The van der Waals surface area contributed by atoms with Crippen molar-refractivity contribution in [3.63, 3.8) is 0 Å². The molecule has 0 atom stereocenters. The van der Waals surface area contributed by atoms with Crippen molar-refractivity contribution in [2.24, 2.45) is 0 Å². The molecule has 3 aromatic carbocycles. The van der Waals surface area contributed by atoms with Crippen LogP contribution in [0.25, 0.3) is 32.7 Å². The van der Waals surface area contributed by atoms with E-state index in [-0.39, 0.29) is 95.0 Å². The number of sulfonamides is 3. The maximum absolute atomic E-state index is 12.8. The minimum atomic E-state index is -4.48. The standard InChI is InChI=1S/C11H11ClF2N4O6S2.C10H9ClF2N4O4S.C9H7ClF2N4O2.C2H6.5CH4/c1-25(21,22)18(26(2,23)24)11-9-6(12)3-4-7(17(19)20)10(9)16(15-11)5-8(13)14;1-22(20,21)15-10-8-5(11)2-3-6(17(18)19)9(8)16(14-10)4-7(12)13;10-4-1-2-5(16(17)18)8-7(4)9(13)14-15(8)3-6(11)12;1-2;;;;;/h3-4,8H,5H2,1-2H3;2-3,7H,4H2,1H3,(H,14,15);1-2,6H,3H2,(H2,13,14);1-2H3;5*1H4. The smallest absolute Gasteiger partial charge is 0.295 e. The number of alkyl halides is 6. The number of hydrogen-bond donors (Lipinski definition) is 2. The average molecular weight is 1170 g/mol. The Morgan fingerprint density at radius 3 is 1.21 bits per heavy atom. The number of anilines is 3. The monoisotopic (exact) mass is 1170 g/mol. The van der Waals surface area contributed by atoms with Crippen LogP contribution in [0.3, 0.4) is 0 Å². The van der Waals surface area contributed by atoms with Gasteiger partial charge in [-0.3, -0.25) is 35.1 Å². The minimum absolute atomic E-state index is 0. The van der Waals surface area contributed by atoms with Gasteiger partial charge in [-0.2, -0.15) is 15.3 Å². The molecule has 0 aliphatic carbocycles. The van der Waals surface area contributed by atoms with Crippen molar-refractivity contribution in [1.82, 2.24) is 29.3 Å². The molecule has 0 bridgehead atoms. The lowest BCUT2D eigenvalue weighted by atomic mass is 10.2. The summed E-state index contributed by atoms with van der Waals surface area (Å²) < 4.78 is 150. The minimum Gasteiger partial charge on any atom is -0.382 e. The third-order valence-electron chi connectivity index (χ3n) is 8.05. The predicted octanol–water partition coefficient (Wildman–Crippen LogP) is 10.5. The van der Waals surface area contributed by atoms with Gasteiger partial charge in [0.2, 0.25) is 30.1 Å². The van der Waals surface area contributed by atoms with Gasteiger partial charge in [0.25, 0.3) is 36.3 Å². The van der Waals surface area contributed by atoms with E-state index in [2.05, 4.69) is 15.3 Å². The fourth-order valence-corrected chi connectivity index (χ4v) is 10.0. The molecule has 3 aromatic heterocycles. The van der Waals surface area contributed by atoms with Gasteiger partial charge in [0.15, 0.2) is 17.5 Å². The van der Waals surface area contributed by atoms with Crippen LogP contribution in [0.1, 0.15) is 51.0 Å². The molecule has 0 saturated carbocycles. The van der Waals surface area contributed by atoms with Crippen LogP contribution in [0.5, 0.6) is 0 Å². The van der Waals surface area contributed by atoms with Crippen LogP contribution in [0, 0.1) is 30.3 Å². The molecule has 73 heavy (non-hydrogen) atoms. The Hall–Kier alpha value is -6.03. The topological polar surface area (TPSA) is 327 Å². The number of nitro groups is 3. The van der Waals surface area contributed by atoms with Crippen LogP contribution in [-0.4, -0.2) is 107 Å². The number of fused-ring (bicyclic) bond motifs is 3. The molecule has 0 spiro atoms. The summed E-state index contributed by atoms with van der Waals surface area (Å²) >= 11 is 17.7. The van der Waals surface area contributed by atoms with Crippen LogP contribution < -0.4 is 14.2 Å². The van der Waals surface area contributed by atoms with Gasteiger partial charge in [0.1, 0.15) is 36.2 Å². The lowest BCUT2D eigenvalue weighted by molar-refractivity contribution is -0.383. The molecule has 0 radical (unpaired) electrons. The molecular weight excluding hydrogens is 1120 g/mol. The zero-order valence-corrected chi connectivity index (χ0v) is 39.6. The average Bonchev–Trinajstić information content (AvgIpc) is 3.82. The molecule has 0 fully saturated rings. The normalized spacial score (nSPS) is 11.0. The lowest BCUT2D eigenvalue weighted by Crippen LogP contribution is -2.35. The summed E-state index contributed by atoms with van der Waals surface area (Å²) in [6.45, 7) is 1.14. The van der Waals surface area contributed by atoms with E-state index in [4.69, 9.17) is 40.5 Å². The molecule has 0 aliphatic rings. The van der Waals surface area contributed by atoms with Crippen molar-refractivity contribution in [3.05, 3.63) is 81.8 Å². The van der Waals surface area contributed by atoms with E-state index in [0.717, 1.165) is 35.2 Å². The van der Waals surface area contributed by atoms with Gasteiger partial charge in [-0.05, 0) is 18.2 Å². The van der Waals surface area contributed by atoms with Crippen molar-refractivity contribution >= 4 is 132 Å². The number of nitrogens with one attached hydrogen (secondary N) is 1. The molecule has 6 aromatic rings. The highest BCUT2D eigenvalue weighted by Crippen LogP contribution is 2.41. The summed E-state index contributed by atoms with van der Waals surface area (Å²) in [5.74, 6) is -1.27. The Balaban J connectivity index is -0.000000969. The molecule has 414 valence electrons. The largest absolute Gasteiger partial charge is 0.382 e. The molecular formula is C37H53Cl3F6N12O12S3. The number of non-ortho nitro benzene ring substituents is 3. The summed E-state index contributed by atoms with van der Waals surface area (Å²) in [6.07, 6.45) is -6.61. The number of halogens is 9. The molecule has 0 amide bonds. The first-order valence-electron chi connectivity index (χ1n) is 18.0. The van der Waals surface area contributed by atoms with Crippen molar-refractivity contribution in [2.75, 3.05) is 32.9 Å². The molecule has 0 aliphatic heterocycles. The van der Waals surface area contributed by atoms with E-state index in [1.165, 1.54) is 12.1 Å². The Kier molecular flexibility index (Phi) is 27.2. The van der Waals surface area contributed by atoms with E-state index < -0.39 is 112 Å². The predicted molar refractivity (Wildman–Crippen MR) is 272 cm³/mol. The highest BCUT2D eigenvalue weighted by Gasteiger charge is 2.36. The lowest BCUT2D eigenvalue weighted by Gasteiger charge is -2.17. The summed E-state index contributed by atoms with van der Waals surface area (Å²) in [7, 11) is -12.7. The quantitative estimate of drug-likeness (QED) is 0.0581. The van der Waals surface area contributed by atoms with E-state index in [0.29, 0.717) is 21.9 Å². The maximum atomic E-state index is 12.8. The van der Waals surface area contributed by atoms with Crippen molar-refractivity contribution < 1.29 is 66.4 Å². The first kappa shape index (κ1) is 71.2. The molecule has 3 N–H and O–H groups in total. The van der Waals surface area contributed by atoms with Gasteiger partial charge in [-0.25, -0.2) is 65.6 Å². The van der Waals surface area contributed by atoms with Crippen LogP contribution >= 0.6 is 34.8 Å². The number of nitro benzene ring substituents is 3. The Morgan fingerprint density at radius 1 is 0.575 bits per heavy atom. The van der Waals surface area contributed by atoms with Gasteiger partial charge >= 0.3 is 0 Å². The Morgan fingerprint density at radius 2 is 0.877 bits per heavy atom. The SMILES string of the molecule is C.C.C.C.C.CC.CS(=O)(=O)N(c1nn(CC(F)F)c2c([N+](=O)[O-])ccc(Cl)c12)S(C)(=O)=O.CS(=O)(=O)Nc1nn(CC(F)F)c2c([N+](=O)[O-])ccc(Cl)c12.Nc1nn(CC(F)F)c2c([N+](=O)[O-])ccc(Cl)c12. The summed E-state index contributed by atoms with van der Waals surface area (Å²) in [6, 6.07) is 6.56. The number of rotatable bonds is 14. The number of nitrogens with two attached hydrogens (primary N) is 1. The fourth-order valence-electron chi connectivity index (χ4n) is 5.96. The Labute approximate surface area is 430 Å². The molecule has 6 rings (SSSR count). The molecule has 36 heteroatoms. The van der Waals surface area contributed by atoms with Gasteiger partial charge in [-0.15, -0.1) is 3.71 Å². The summed E-state index contributed by atoms with van der Waals surface area (Å²) in [4.78, 5) is 30.8. The zero-order valence-electron chi connectivity index (χ0n) is 34.9. The van der Waals surface area contributed by atoms with Gasteiger partial charge in [-0.1, -0.05) is 85.8 Å². The summed E-state index contributed by atoms with van der Waals surface area (Å²) in [5, 5.41) is 43.4. The van der Waals surface area contributed by atoms with E-state index in [9.17, 15) is 81.9 Å². The first-order chi connectivity index (χ1) is 31.3.